The fraction of sp³-hybridized carbons (Fsp3) is 0.167. The number of fused-ring (bicyclic) bond motifs is 1. The number of carbonyl (C=O) groups excluding carboxylic acids is 1. The largest absolute Gasteiger partial charge is 0.489 e. The number of rotatable bonds is 7. The van der Waals surface area contributed by atoms with Crippen LogP contribution in [-0.4, -0.2) is 10.8 Å². The lowest BCUT2D eigenvalue weighted by Gasteiger charge is -2.48. The van der Waals surface area contributed by atoms with Gasteiger partial charge in [-0.1, -0.05) is 91.9 Å². The molecule has 0 saturated heterocycles. The van der Waals surface area contributed by atoms with Gasteiger partial charge in [-0.15, -0.1) is 0 Å². The fourth-order valence-corrected chi connectivity index (χ4v) is 4.64. The molecular weight excluding hydrogens is 420 g/mol. The molecule has 0 saturated carbocycles. The van der Waals surface area contributed by atoms with Crippen molar-refractivity contribution in [3.8, 4) is 5.75 Å². The number of carbonyl (C=O) groups is 1. The van der Waals surface area contributed by atoms with Crippen molar-refractivity contribution in [2.75, 3.05) is 5.32 Å². The molecule has 0 bridgehead atoms. The smallest absolute Gasteiger partial charge is 0.258 e. The molecule has 0 aliphatic carbocycles. The van der Waals surface area contributed by atoms with Crippen LogP contribution in [-0.2, 0) is 18.8 Å². The van der Waals surface area contributed by atoms with Crippen molar-refractivity contribution in [1.29, 1.82) is 0 Å². The number of hydrogen-bond donors (Lipinski definition) is 1. The quantitative estimate of drug-likeness (QED) is 0.346. The molecule has 0 aromatic heterocycles. The van der Waals surface area contributed by atoms with E-state index in [0.29, 0.717) is 25.1 Å². The predicted octanol–water partition coefficient (Wildman–Crippen LogP) is 6.60. The van der Waals surface area contributed by atoms with E-state index in [1.54, 1.807) is 0 Å². The van der Waals surface area contributed by atoms with E-state index >= 15 is 0 Å². The van der Waals surface area contributed by atoms with E-state index in [1.165, 1.54) is 0 Å². The summed E-state index contributed by atoms with van der Waals surface area (Å²) in [7, 11) is 0. The minimum atomic E-state index is -0.667. The average molecular weight is 449 g/mol. The van der Waals surface area contributed by atoms with Gasteiger partial charge in [0.2, 0.25) is 0 Å². The van der Waals surface area contributed by atoms with E-state index in [1.807, 2.05) is 77.7 Å². The summed E-state index contributed by atoms with van der Waals surface area (Å²) >= 11 is 0. The molecule has 0 fully saturated rings. The third-order valence-corrected chi connectivity index (χ3v) is 6.48. The van der Waals surface area contributed by atoms with Crippen LogP contribution in [0.4, 0.5) is 5.69 Å². The van der Waals surface area contributed by atoms with Gasteiger partial charge in [0.25, 0.3) is 5.91 Å². The normalized spacial score (nSPS) is 17.1. The summed E-state index contributed by atoms with van der Waals surface area (Å²) in [6, 6.07) is 36.1. The van der Waals surface area contributed by atoms with Crippen molar-refractivity contribution < 1.29 is 9.53 Å². The maximum Gasteiger partial charge on any atom is 0.258 e. The molecule has 1 aliphatic rings. The Kier molecular flexibility index (Phi) is 6.05. The van der Waals surface area contributed by atoms with Gasteiger partial charge in [0.1, 0.15) is 18.0 Å². The molecule has 1 heterocycles. The molecule has 34 heavy (non-hydrogen) atoms. The van der Waals surface area contributed by atoms with Gasteiger partial charge < -0.3 is 15.0 Å². The van der Waals surface area contributed by atoms with Crippen LogP contribution < -0.4 is 10.1 Å². The molecule has 0 spiro atoms. The van der Waals surface area contributed by atoms with Gasteiger partial charge >= 0.3 is 0 Å². The Morgan fingerprint density at radius 3 is 2.06 bits per heavy atom. The van der Waals surface area contributed by atoms with Crippen LogP contribution >= 0.6 is 0 Å². The predicted molar refractivity (Wildman–Crippen MR) is 136 cm³/mol. The van der Waals surface area contributed by atoms with Gasteiger partial charge in [-0.05, 0) is 47.4 Å². The summed E-state index contributed by atoms with van der Waals surface area (Å²) in [6.45, 7) is 3.15. The summed E-state index contributed by atoms with van der Waals surface area (Å²) in [6.07, 6.45) is 0.712. The molecule has 1 N–H and O–H groups in total. The number of nitrogens with zero attached hydrogens (tertiary/aromatic N) is 1. The zero-order chi connectivity index (χ0) is 23.4. The van der Waals surface area contributed by atoms with Crippen LogP contribution in [0, 0.1) is 0 Å². The molecular formula is C30H28N2O2. The zero-order valence-electron chi connectivity index (χ0n) is 19.3. The number of nitrogens with one attached hydrogen (secondary N) is 1. The van der Waals surface area contributed by atoms with E-state index in [9.17, 15) is 4.79 Å². The monoisotopic (exact) mass is 448 g/mol. The Morgan fingerprint density at radius 1 is 0.765 bits per heavy atom. The molecule has 1 unspecified atom stereocenters. The third-order valence-electron chi connectivity index (χ3n) is 6.48. The van der Waals surface area contributed by atoms with Gasteiger partial charge in [-0.2, -0.15) is 0 Å². The van der Waals surface area contributed by atoms with Crippen molar-refractivity contribution in [2.24, 2.45) is 0 Å². The number of benzene rings is 4. The van der Waals surface area contributed by atoms with Gasteiger partial charge in [0.05, 0.1) is 5.56 Å². The van der Waals surface area contributed by atoms with Crippen molar-refractivity contribution in [3.63, 3.8) is 0 Å². The first-order chi connectivity index (χ1) is 16.7. The maximum atomic E-state index is 13.8. The third kappa shape index (κ3) is 4.15. The Balaban J connectivity index is 1.48. The molecule has 170 valence electrons. The van der Waals surface area contributed by atoms with Gasteiger partial charge in [0.15, 0.2) is 0 Å². The first-order valence-corrected chi connectivity index (χ1v) is 11.7. The van der Waals surface area contributed by atoms with E-state index in [2.05, 4.69) is 48.6 Å². The van der Waals surface area contributed by atoms with E-state index < -0.39 is 5.66 Å². The average Bonchev–Trinajstić information content (AvgIpc) is 2.90. The van der Waals surface area contributed by atoms with Crippen LogP contribution in [0.5, 0.6) is 5.75 Å². The highest BCUT2D eigenvalue weighted by molar-refractivity contribution is 6.02. The second-order valence-electron chi connectivity index (χ2n) is 8.56. The molecule has 0 radical (unpaired) electrons. The topological polar surface area (TPSA) is 41.6 Å². The van der Waals surface area contributed by atoms with Crippen LogP contribution in [0.1, 0.15) is 40.4 Å². The molecule has 4 aromatic carbocycles. The summed E-state index contributed by atoms with van der Waals surface area (Å²) in [5, 5.41) is 3.72. The standard InChI is InChI=1S/C30H28N2O2/c1-2-30(25-17-19-26(20-18-25)34-22-24-13-7-4-8-14-24)31-28-16-10-9-15-27(28)29(33)32(30)21-23-11-5-3-6-12-23/h3-20,31H,2,21-22H2,1H3. The minimum absolute atomic E-state index is 0.0319. The van der Waals surface area contributed by atoms with E-state index in [-0.39, 0.29) is 5.91 Å². The molecule has 4 heteroatoms. The second-order valence-corrected chi connectivity index (χ2v) is 8.56. The second kappa shape index (κ2) is 9.44. The van der Waals surface area contributed by atoms with E-state index in [0.717, 1.165) is 28.1 Å². The Labute approximate surface area is 200 Å². The summed E-state index contributed by atoms with van der Waals surface area (Å²) in [4.78, 5) is 15.7. The Hall–Kier alpha value is -4.05. The van der Waals surface area contributed by atoms with Crippen LogP contribution in [0.15, 0.2) is 109 Å². The zero-order valence-corrected chi connectivity index (χ0v) is 19.3. The van der Waals surface area contributed by atoms with Crippen LogP contribution in [0.2, 0.25) is 0 Å². The van der Waals surface area contributed by atoms with Crippen LogP contribution in [0.25, 0.3) is 0 Å². The summed E-state index contributed by atoms with van der Waals surface area (Å²) in [5.74, 6) is 0.834. The van der Waals surface area contributed by atoms with Crippen LogP contribution in [0.3, 0.4) is 0 Å². The van der Waals surface area contributed by atoms with Crippen molar-refractivity contribution in [3.05, 3.63) is 131 Å². The molecule has 1 amide bonds. The van der Waals surface area contributed by atoms with Gasteiger partial charge in [0, 0.05) is 12.2 Å². The summed E-state index contributed by atoms with van der Waals surface area (Å²) < 4.78 is 6.00. The first-order valence-electron chi connectivity index (χ1n) is 11.7. The SMILES string of the molecule is CCC1(c2ccc(OCc3ccccc3)cc2)Nc2ccccc2C(=O)N1Cc1ccccc1. The number of anilines is 1. The first kappa shape index (κ1) is 21.8. The molecule has 4 aromatic rings. The maximum absolute atomic E-state index is 13.8. The van der Waals surface area contributed by atoms with Crippen molar-refractivity contribution >= 4 is 11.6 Å². The number of amides is 1. The molecule has 4 nitrogen and oxygen atoms in total. The highest BCUT2D eigenvalue weighted by atomic mass is 16.5. The lowest BCUT2D eigenvalue weighted by Crippen LogP contribution is -2.56. The lowest BCUT2D eigenvalue weighted by atomic mass is 9.89. The number of hydrogen-bond acceptors (Lipinski definition) is 3. The highest BCUT2D eigenvalue weighted by Gasteiger charge is 2.44. The Morgan fingerprint density at radius 2 is 1.38 bits per heavy atom. The molecule has 5 rings (SSSR count). The summed E-state index contributed by atoms with van der Waals surface area (Å²) in [5.41, 5.74) is 4.15. The number of para-hydroxylation sites is 1. The number of ether oxygens (including phenoxy) is 1. The van der Waals surface area contributed by atoms with E-state index in [4.69, 9.17) is 4.74 Å². The van der Waals surface area contributed by atoms with Crippen molar-refractivity contribution in [1.82, 2.24) is 4.90 Å². The minimum Gasteiger partial charge on any atom is -0.489 e. The lowest BCUT2D eigenvalue weighted by molar-refractivity contribution is 0.0454. The molecule has 1 aliphatic heterocycles. The fourth-order valence-electron chi connectivity index (χ4n) is 4.64. The highest BCUT2D eigenvalue weighted by Crippen LogP contribution is 2.41. The van der Waals surface area contributed by atoms with Gasteiger partial charge in [-0.25, -0.2) is 0 Å². The Bertz CT molecular complexity index is 1260. The molecule has 1 atom stereocenters. The van der Waals surface area contributed by atoms with Crippen molar-refractivity contribution in [2.45, 2.75) is 32.2 Å². The van der Waals surface area contributed by atoms with Gasteiger partial charge in [-0.3, -0.25) is 4.79 Å².